The maximum absolute atomic E-state index is 13.1. The SMILES string of the molecule is Fc1ccc(OC2CCOC3(CCSC3)C2)c([B-](F)(F)F)c1.[K+]. The summed E-state index contributed by atoms with van der Waals surface area (Å²) in [5.41, 5.74) is -1.27. The van der Waals surface area contributed by atoms with Crippen molar-refractivity contribution in [2.45, 2.75) is 31.0 Å². The zero-order valence-electron chi connectivity index (χ0n) is 12.9. The van der Waals surface area contributed by atoms with Gasteiger partial charge in [0.1, 0.15) is 11.9 Å². The van der Waals surface area contributed by atoms with Crippen LogP contribution in [0.5, 0.6) is 5.75 Å². The molecular formula is C14H16BF4KO2S. The van der Waals surface area contributed by atoms with Crippen molar-refractivity contribution < 1.29 is 78.2 Å². The summed E-state index contributed by atoms with van der Waals surface area (Å²) in [5, 5.41) is 0. The third-order valence-corrected chi connectivity index (χ3v) is 5.36. The molecule has 23 heavy (non-hydrogen) atoms. The van der Waals surface area contributed by atoms with Gasteiger partial charge in [0.25, 0.3) is 0 Å². The maximum Gasteiger partial charge on any atom is 1.00 e. The predicted molar refractivity (Wildman–Crippen MR) is 79.4 cm³/mol. The van der Waals surface area contributed by atoms with Crippen molar-refractivity contribution in [3.8, 4) is 5.75 Å². The van der Waals surface area contributed by atoms with Gasteiger partial charge in [0.2, 0.25) is 0 Å². The molecule has 0 bridgehead atoms. The smallest absolute Gasteiger partial charge is 0.493 e. The van der Waals surface area contributed by atoms with Crippen LogP contribution in [-0.2, 0) is 4.74 Å². The van der Waals surface area contributed by atoms with Crippen LogP contribution in [0.2, 0.25) is 0 Å². The first kappa shape index (κ1) is 20.1. The molecule has 2 unspecified atom stereocenters. The normalized spacial score (nSPS) is 27.7. The Bertz CT molecular complexity index is 552. The molecule has 1 spiro atoms. The van der Waals surface area contributed by atoms with Crippen molar-refractivity contribution in [1.29, 1.82) is 0 Å². The van der Waals surface area contributed by atoms with Gasteiger partial charge in [-0.15, -0.1) is 0 Å². The van der Waals surface area contributed by atoms with E-state index in [0.29, 0.717) is 25.5 Å². The van der Waals surface area contributed by atoms with Crippen LogP contribution >= 0.6 is 11.8 Å². The van der Waals surface area contributed by atoms with Crippen molar-refractivity contribution in [2.75, 3.05) is 18.1 Å². The van der Waals surface area contributed by atoms with Gasteiger partial charge in [-0.3, -0.25) is 0 Å². The first-order valence-corrected chi connectivity index (χ1v) is 8.41. The summed E-state index contributed by atoms with van der Waals surface area (Å²) in [6, 6.07) is 2.59. The Morgan fingerprint density at radius 3 is 2.74 bits per heavy atom. The van der Waals surface area contributed by atoms with Crippen LogP contribution in [0.4, 0.5) is 17.3 Å². The van der Waals surface area contributed by atoms with Crippen molar-refractivity contribution in [1.82, 2.24) is 0 Å². The molecule has 0 aliphatic carbocycles. The van der Waals surface area contributed by atoms with Crippen LogP contribution in [-0.4, -0.2) is 36.8 Å². The molecule has 122 valence electrons. The van der Waals surface area contributed by atoms with E-state index >= 15 is 0 Å². The van der Waals surface area contributed by atoms with Gasteiger partial charge in [0.05, 0.1) is 18.0 Å². The predicted octanol–water partition coefficient (Wildman–Crippen LogP) is 0.318. The van der Waals surface area contributed by atoms with Crippen LogP contribution in [0.25, 0.3) is 0 Å². The molecule has 9 heteroatoms. The number of hydrogen-bond donors (Lipinski definition) is 0. The van der Waals surface area contributed by atoms with E-state index in [0.717, 1.165) is 30.1 Å². The number of benzene rings is 1. The van der Waals surface area contributed by atoms with Crippen LogP contribution in [0, 0.1) is 5.82 Å². The van der Waals surface area contributed by atoms with Crippen LogP contribution in [0.15, 0.2) is 18.2 Å². The van der Waals surface area contributed by atoms with Crippen molar-refractivity contribution in [3.63, 3.8) is 0 Å². The summed E-state index contributed by atoms with van der Waals surface area (Å²) in [6.07, 6.45) is 1.71. The first-order valence-electron chi connectivity index (χ1n) is 7.26. The fraction of sp³-hybridized carbons (Fsp3) is 0.571. The number of thioether (sulfide) groups is 1. The first-order chi connectivity index (χ1) is 10.4. The minimum absolute atomic E-state index is 0. The number of hydrogen-bond acceptors (Lipinski definition) is 3. The molecule has 0 amide bonds. The summed E-state index contributed by atoms with van der Waals surface area (Å²) < 4.78 is 63.7. The van der Waals surface area contributed by atoms with Gasteiger partial charge in [-0.2, -0.15) is 11.8 Å². The molecule has 0 aromatic heterocycles. The molecule has 3 rings (SSSR count). The molecule has 2 heterocycles. The largest absolute Gasteiger partial charge is 1.00 e. The Hall–Kier alpha value is 0.751. The fourth-order valence-electron chi connectivity index (χ4n) is 3.01. The molecular weight excluding hydrogens is 358 g/mol. The van der Waals surface area contributed by atoms with E-state index in [9.17, 15) is 17.3 Å². The Morgan fingerprint density at radius 1 is 1.30 bits per heavy atom. The van der Waals surface area contributed by atoms with Gasteiger partial charge in [-0.05, 0) is 30.4 Å². The Labute approximate surface area is 179 Å². The third-order valence-electron chi connectivity index (χ3n) is 4.13. The van der Waals surface area contributed by atoms with Gasteiger partial charge in [0.15, 0.2) is 0 Å². The molecule has 0 N–H and O–H groups in total. The van der Waals surface area contributed by atoms with Crippen molar-refractivity contribution in [2.24, 2.45) is 0 Å². The topological polar surface area (TPSA) is 18.5 Å². The molecule has 2 aliphatic heterocycles. The van der Waals surface area contributed by atoms with E-state index in [1.807, 2.05) is 0 Å². The number of rotatable bonds is 3. The zero-order valence-corrected chi connectivity index (χ0v) is 16.8. The van der Waals surface area contributed by atoms with Crippen LogP contribution in [0.3, 0.4) is 0 Å². The summed E-state index contributed by atoms with van der Waals surface area (Å²) in [6.45, 7) is -4.82. The van der Waals surface area contributed by atoms with E-state index in [4.69, 9.17) is 9.47 Å². The molecule has 2 fully saturated rings. The Balaban J connectivity index is 0.00000192. The average molecular weight is 374 g/mol. The van der Waals surface area contributed by atoms with Crippen molar-refractivity contribution in [3.05, 3.63) is 24.0 Å². The second-order valence-corrected chi connectivity index (χ2v) is 6.93. The molecule has 2 atom stereocenters. The minimum atomic E-state index is -5.31. The van der Waals surface area contributed by atoms with E-state index < -0.39 is 18.3 Å². The quantitative estimate of drug-likeness (QED) is 0.561. The van der Waals surface area contributed by atoms with E-state index in [1.54, 1.807) is 11.8 Å². The second kappa shape index (κ2) is 7.97. The van der Waals surface area contributed by atoms with Gasteiger partial charge < -0.3 is 22.4 Å². The summed E-state index contributed by atoms with van der Waals surface area (Å²) in [5.74, 6) is 0.672. The van der Waals surface area contributed by atoms with Crippen LogP contribution in [0.1, 0.15) is 19.3 Å². The molecule has 1 aromatic carbocycles. The molecule has 2 aliphatic rings. The summed E-state index contributed by atoms with van der Waals surface area (Å²) >= 11 is 1.79. The minimum Gasteiger partial charge on any atom is -0.493 e. The summed E-state index contributed by atoms with van der Waals surface area (Å²) in [4.78, 5) is 0. The van der Waals surface area contributed by atoms with Gasteiger partial charge >= 0.3 is 58.4 Å². The number of halogens is 4. The van der Waals surface area contributed by atoms with Gasteiger partial charge in [-0.25, -0.2) is 4.39 Å². The average Bonchev–Trinajstić information content (AvgIpc) is 2.88. The summed E-state index contributed by atoms with van der Waals surface area (Å²) in [7, 11) is 0. The van der Waals surface area contributed by atoms with Crippen molar-refractivity contribution >= 4 is 24.2 Å². The molecule has 2 nitrogen and oxygen atoms in total. The standard InChI is InChI=1S/C14H16BF4O2S.K/c16-10-1-2-13(12(7-10)15(17,18)19)21-11-3-5-20-14(8-11)4-6-22-9-14;/h1-2,7,11H,3-6,8-9H2;/q-1;+1. The van der Waals surface area contributed by atoms with E-state index in [1.165, 1.54) is 0 Å². The molecule has 0 saturated carbocycles. The monoisotopic (exact) mass is 374 g/mol. The number of ether oxygens (including phenoxy) is 2. The van der Waals surface area contributed by atoms with Gasteiger partial charge in [0, 0.05) is 18.6 Å². The zero-order chi connectivity index (χ0) is 15.8. The third kappa shape index (κ3) is 4.89. The molecule has 2 saturated heterocycles. The van der Waals surface area contributed by atoms with Crippen LogP contribution < -0.4 is 61.6 Å². The Morgan fingerprint density at radius 2 is 2.09 bits per heavy atom. The fourth-order valence-corrected chi connectivity index (χ4v) is 4.39. The second-order valence-electron chi connectivity index (χ2n) is 5.82. The van der Waals surface area contributed by atoms with E-state index in [2.05, 4.69) is 0 Å². The maximum atomic E-state index is 13.1. The Kier molecular flexibility index (Phi) is 6.95. The van der Waals surface area contributed by atoms with Gasteiger partial charge in [-0.1, -0.05) is 5.46 Å². The molecule has 1 aromatic rings. The molecule has 0 radical (unpaired) electrons. The van der Waals surface area contributed by atoms with E-state index in [-0.39, 0.29) is 68.8 Å².